The van der Waals surface area contributed by atoms with Crippen LogP contribution in [-0.4, -0.2) is 34.4 Å². The van der Waals surface area contributed by atoms with Gasteiger partial charge in [-0.15, -0.1) is 5.10 Å². The average molecular weight is 236 g/mol. The van der Waals surface area contributed by atoms with Gasteiger partial charge in [-0.2, -0.15) is 5.10 Å². The van der Waals surface area contributed by atoms with E-state index in [1.807, 2.05) is 0 Å². The molecular weight excluding hydrogens is 216 g/mol. The second-order valence-corrected chi connectivity index (χ2v) is 4.29. The van der Waals surface area contributed by atoms with Gasteiger partial charge in [-0.05, 0) is 25.7 Å². The Morgan fingerprint density at radius 3 is 2.71 bits per heavy atom. The van der Waals surface area contributed by atoms with E-state index in [1.54, 1.807) is 0 Å². The largest absolute Gasteiger partial charge is 0.379 e. The minimum Gasteiger partial charge on any atom is -0.379 e. The molecule has 5 heteroatoms. The highest BCUT2D eigenvalue weighted by Crippen LogP contribution is 2.12. The summed E-state index contributed by atoms with van der Waals surface area (Å²) in [5, 5.41) is 11.6. The molecule has 0 aromatic carbocycles. The molecular formula is C12H20N4O. The fourth-order valence-electron chi connectivity index (χ4n) is 2.04. The molecule has 0 spiro atoms. The van der Waals surface area contributed by atoms with Gasteiger partial charge < -0.3 is 10.1 Å². The lowest BCUT2D eigenvalue weighted by molar-refractivity contribution is 0.0873. The third kappa shape index (κ3) is 3.12. The van der Waals surface area contributed by atoms with E-state index in [0.717, 1.165) is 50.3 Å². The van der Waals surface area contributed by atoms with Gasteiger partial charge in [-0.3, -0.25) is 0 Å². The molecule has 1 unspecified atom stereocenters. The van der Waals surface area contributed by atoms with Crippen LogP contribution in [0.3, 0.4) is 0 Å². The molecule has 2 heterocycles. The van der Waals surface area contributed by atoms with Crippen molar-refractivity contribution in [1.82, 2.24) is 15.2 Å². The summed E-state index contributed by atoms with van der Waals surface area (Å²) in [6, 6.07) is 0.322. The Morgan fingerprint density at radius 1 is 1.24 bits per heavy atom. The number of hydrogen-bond donors (Lipinski definition) is 1. The number of nitrogens with zero attached hydrogens (tertiary/aromatic N) is 3. The maximum atomic E-state index is 5.42. The van der Waals surface area contributed by atoms with Gasteiger partial charge in [0.1, 0.15) is 0 Å². The van der Waals surface area contributed by atoms with Crippen LogP contribution in [0.2, 0.25) is 0 Å². The summed E-state index contributed by atoms with van der Waals surface area (Å²) in [5.41, 5.74) is 2.04. The van der Waals surface area contributed by atoms with Gasteiger partial charge in [0, 0.05) is 6.61 Å². The quantitative estimate of drug-likeness (QED) is 0.860. The molecule has 0 bridgehead atoms. The van der Waals surface area contributed by atoms with Crippen molar-refractivity contribution >= 4 is 5.95 Å². The topological polar surface area (TPSA) is 59.9 Å². The van der Waals surface area contributed by atoms with Crippen molar-refractivity contribution in [3.05, 3.63) is 11.4 Å². The van der Waals surface area contributed by atoms with Crippen LogP contribution in [0.25, 0.3) is 0 Å². The summed E-state index contributed by atoms with van der Waals surface area (Å²) >= 11 is 0. The van der Waals surface area contributed by atoms with Gasteiger partial charge >= 0.3 is 0 Å². The van der Waals surface area contributed by atoms with Gasteiger partial charge in [-0.25, -0.2) is 4.98 Å². The molecule has 0 amide bonds. The Kier molecular flexibility index (Phi) is 4.25. The number of aryl methyl sites for hydroxylation is 2. The normalized spacial score (nSPS) is 20.2. The Labute approximate surface area is 102 Å². The first kappa shape index (κ1) is 12.2. The van der Waals surface area contributed by atoms with Gasteiger partial charge in [0.15, 0.2) is 0 Å². The van der Waals surface area contributed by atoms with Crippen molar-refractivity contribution in [3.8, 4) is 0 Å². The minimum absolute atomic E-state index is 0.322. The summed E-state index contributed by atoms with van der Waals surface area (Å²) in [5.74, 6) is 0.634. The summed E-state index contributed by atoms with van der Waals surface area (Å²) in [6.07, 6.45) is 3.99. The third-order valence-corrected chi connectivity index (χ3v) is 3.00. The number of ether oxygens (including phenoxy) is 1. The Bertz CT molecular complexity index is 364. The van der Waals surface area contributed by atoms with Gasteiger partial charge in [0.05, 0.1) is 24.0 Å². The number of nitrogens with one attached hydrogen (secondary N) is 1. The van der Waals surface area contributed by atoms with E-state index < -0.39 is 0 Å². The van der Waals surface area contributed by atoms with Gasteiger partial charge in [0.25, 0.3) is 0 Å². The summed E-state index contributed by atoms with van der Waals surface area (Å²) in [6.45, 7) is 5.77. The molecule has 17 heavy (non-hydrogen) atoms. The summed E-state index contributed by atoms with van der Waals surface area (Å²) < 4.78 is 5.42. The van der Waals surface area contributed by atoms with Crippen molar-refractivity contribution in [1.29, 1.82) is 0 Å². The van der Waals surface area contributed by atoms with Crippen molar-refractivity contribution in [2.75, 3.05) is 18.5 Å². The highest BCUT2D eigenvalue weighted by molar-refractivity contribution is 5.27. The molecule has 1 aromatic heterocycles. The highest BCUT2D eigenvalue weighted by Gasteiger charge is 2.15. The SMILES string of the molecule is CCc1nnc(NC2CCCOC2)nc1CC. The van der Waals surface area contributed by atoms with E-state index in [9.17, 15) is 0 Å². The monoisotopic (exact) mass is 236 g/mol. The molecule has 1 fully saturated rings. The van der Waals surface area contributed by atoms with Crippen molar-refractivity contribution in [3.63, 3.8) is 0 Å². The molecule has 1 aromatic rings. The molecule has 1 N–H and O–H groups in total. The van der Waals surface area contributed by atoms with Gasteiger partial charge in [0.2, 0.25) is 5.95 Å². The molecule has 0 radical (unpaired) electrons. The Hall–Kier alpha value is -1.23. The predicted octanol–water partition coefficient (Wildman–Crippen LogP) is 1.59. The molecule has 94 valence electrons. The molecule has 5 nitrogen and oxygen atoms in total. The lowest BCUT2D eigenvalue weighted by Gasteiger charge is -2.23. The maximum absolute atomic E-state index is 5.42. The first-order chi connectivity index (χ1) is 8.33. The first-order valence-electron chi connectivity index (χ1n) is 6.40. The van der Waals surface area contributed by atoms with Crippen molar-refractivity contribution < 1.29 is 4.74 Å². The van der Waals surface area contributed by atoms with Crippen molar-refractivity contribution in [2.45, 2.75) is 45.6 Å². The Balaban J connectivity index is 2.05. The van der Waals surface area contributed by atoms with Gasteiger partial charge in [-0.1, -0.05) is 13.8 Å². The zero-order chi connectivity index (χ0) is 12.1. The van der Waals surface area contributed by atoms with E-state index >= 15 is 0 Å². The smallest absolute Gasteiger partial charge is 0.243 e. The van der Waals surface area contributed by atoms with Crippen LogP contribution in [0.4, 0.5) is 5.95 Å². The zero-order valence-electron chi connectivity index (χ0n) is 10.6. The predicted molar refractivity (Wildman–Crippen MR) is 66.0 cm³/mol. The lowest BCUT2D eigenvalue weighted by Crippen LogP contribution is -2.31. The van der Waals surface area contributed by atoms with Crippen LogP contribution in [0.15, 0.2) is 0 Å². The number of aromatic nitrogens is 3. The van der Waals surface area contributed by atoms with Crippen LogP contribution in [0, 0.1) is 0 Å². The fourth-order valence-corrected chi connectivity index (χ4v) is 2.04. The van der Waals surface area contributed by atoms with Crippen molar-refractivity contribution in [2.24, 2.45) is 0 Å². The molecule has 1 saturated heterocycles. The Morgan fingerprint density at radius 2 is 2.06 bits per heavy atom. The molecule has 0 saturated carbocycles. The van der Waals surface area contributed by atoms with Crippen LogP contribution < -0.4 is 5.32 Å². The average Bonchev–Trinajstić information content (AvgIpc) is 2.40. The second-order valence-electron chi connectivity index (χ2n) is 4.29. The van der Waals surface area contributed by atoms with Crippen LogP contribution in [-0.2, 0) is 17.6 Å². The zero-order valence-corrected chi connectivity index (χ0v) is 10.6. The highest BCUT2D eigenvalue weighted by atomic mass is 16.5. The molecule has 0 aliphatic carbocycles. The maximum Gasteiger partial charge on any atom is 0.243 e. The minimum atomic E-state index is 0.322. The second kappa shape index (κ2) is 5.91. The molecule has 2 rings (SSSR count). The molecule has 1 aliphatic rings. The van der Waals surface area contributed by atoms with E-state index in [2.05, 4.69) is 34.3 Å². The standard InChI is InChI=1S/C12H20N4O/c1-3-10-11(4-2)15-16-12(14-10)13-9-6-5-7-17-8-9/h9H,3-8H2,1-2H3,(H,13,14,16). The summed E-state index contributed by atoms with van der Waals surface area (Å²) in [7, 11) is 0. The summed E-state index contributed by atoms with van der Waals surface area (Å²) in [4.78, 5) is 4.52. The number of hydrogen-bond acceptors (Lipinski definition) is 5. The lowest BCUT2D eigenvalue weighted by atomic mass is 10.1. The van der Waals surface area contributed by atoms with E-state index in [4.69, 9.17) is 4.74 Å². The molecule has 1 aliphatic heterocycles. The van der Waals surface area contributed by atoms with E-state index in [0.29, 0.717) is 12.0 Å². The third-order valence-electron chi connectivity index (χ3n) is 3.00. The van der Waals surface area contributed by atoms with Crippen LogP contribution in [0.5, 0.6) is 0 Å². The van der Waals surface area contributed by atoms with E-state index in [-0.39, 0.29) is 0 Å². The fraction of sp³-hybridized carbons (Fsp3) is 0.750. The number of rotatable bonds is 4. The van der Waals surface area contributed by atoms with E-state index in [1.165, 1.54) is 0 Å². The number of anilines is 1. The first-order valence-corrected chi connectivity index (χ1v) is 6.40. The van der Waals surface area contributed by atoms with Crippen LogP contribution >= 0.6 is 0 Å². The molecule has 1 atom stereocenters. The van der Waals surface area contributed by atoms with Crippen LogP contribution in [0.1, 0.15) is 38.1 Å².